The number of fused-ring (bicyclic) bond motifs is 1. The van der Waals surface area contributed by atoms with Gasteiger partial charge in [-0.15, -0.1) is 0 Å². The Morgan fingerprint density at radius 3 is 1.29 bits per heavy atom. The van der Waals surface area contributed by atoms with Crippen molar-refractivity contribution >= 4 is 15.9 Å². The first kappa shape index (κ1) is 79.7. The van der Waals surface area contributed by atoms with Crippen LogP contribution in [-0.4, -0.2) is 80.0 Å². The Labute approximate surface area is 135 Å². The lowest BCUT2D eigenvalue weighted by molar-refractivity contribution is 0.0985. The van der Waals surface area contributed by atoms with E-state index in [-0.39, 0.29) is 76.2 Å². The molecule has 0 atom stereocenters. The quantitative estimate of drug-likeness (QED) is 0.444. The van der Waals surface area contributed by atoms with Crippen molar-refractivity contribution in [1.29, 1.82) is 0 Å². The molecule has 1 aliphatic rings. The van der Waals surface area contributed by atoms with Gasteiger partial charge in [0, 0.05) is 0 Å². The maximum atomic E-state index is 11.1. The predicted octanol–water partition coefficient (Wildman–Crippen LogP) is -9.78. The number of benzene rings is 1. The molecule has 158 valence electrons. The molecular weight excluding hydrogens is 370 g/mol. The summed E-state index contributed by atoms with van der Waals surface area (Å²) in [5.74, 6) is -0.550. The fraction of sp³-hybridized carbons (Fsp3) is 0. The Hall–Kier alpha value is -1.84. The zero-order valence-corrected chi connectivity index (χ0v) is 12.8. The van der Waals surface area contributed by atoms with E-state index in [1.165, 1.54) is 12.1 Å². The number of carbonyl (C=O) groups excluding carboxylic acids is 1. The monoisotopic (exact) mass is 399 g/mol. The first-order valence-electron chi connectivity index (χ1n) is 3.27. The summed E-state index contributed by atoms with van der Waals surface area (Å²) in [6.45, 7) is 0. The van der Waals surface area contributed by atoms with Gasteiger partial charge in [0.15, 0.2) is 0 Å². The lowest BCUT2D eigenvalue weighted by Gasteiger charge is -1.91. The standard InChI is InChI=1S/C7H5NO3S.12H2O/c9-7-5-3-1-2-4-6(5)12(10,11)8-7;;;;;;;;;;;;/h1-4H,(H,8,9);12*1H2. The van der Waals surface area contributed by atoms with Gasteiger partial charge in [-0.3, -0.25) is 4.79 Å². The van der Waals surface area contributed by atoms with Crippen LogP contribution in [-0.2, 0) is 10.0 Å². The van der Waals surface area contributed by atoms with E-state index in [2.05, 4.69) is 0 Å². The number of nitrogens with one attached hydrogen (secondary N) is 1. The van der Waals surface area contributed by atoms with Crippen LogP contribution in [0.5, 0.6) is 0 Å². The Balaban J connectivity index is -0.0000000156. The van der Waals surface area contributed by atoms with Crippen LogP contribution in [0.2, 0.25) is 0 Å². The second kappa shape index (κ2) is 26.1. The lowest BCUT2D eigenvalue weighted by atomic mass is 10.2. The molecule has 0 unspecified atom stereocenters. The summed E-state index contributed by atoms with van der Waals surface area (Å²) in [7, 11) is -3.55. The van der Waals surface area contributed by atoms with E-state index in [0.29, 0.717) is 0 Å². The van der Waals surface area contributed by atoms with E-state index in [1.807, 2.05) is 4.72 Å². The predicted molar refractivity (Wildman–Crippen MR) is 84.5 cm³/mol. The first-order chi connectivity index (χ1) is 5.61. The molecule has 0 saturated carbocycles. The summed E-state index contributed by atoms with van der Waals surface area (Å²) in [4.78, 5) is 11.1. The zero-order valence-electron chi connectivity index (χ0n) is 11.9. The summed E-state index contributed by atoms with van der Waals surface area (Å²) in [6, 6.07) is 6.09. The van der Waals surface area contributed by atoms with Crippen LogP contribution in [0.15, 0.2) is 29.2 Å². The average Bonchev–Trinajstić information content (AvgIpc) is 2.25. The molecule has 0 saturated heterocycles. The van der Waals surface area contributed by atoms with Gasteiger partial charge in [-0.25, -0.2) is 13.1 Å². The van der Waals surface area contributed by atoms with Gasteiger partial charge in [-0.05, 0) is 12.1 Å². The smallest absolute Gasteiger partial charge is 0.266 e. The molecule has 0 radical (unpaired) electrons. The van der Waals surface area contributed by atoms with Crippen LogP contribution >= 0.6 is 0 Å². The summed E-state index contributed by atoms with van der Waals surface area (Å²) in [6.07, 6.45) is 0. The van der Waals surface area contributed by atoms with Crippen molar-refractivity contribution in [3.63, 3.8) is 0 Å². The first-order valence-corrected chi connectivity index (χ1v) is 4.76. The number of sulfonamides is 1. The fourth-order valence-electron chi connectivity index (χ4n) is 1.12. The molecule has 1 heterocycles. The number of rotatable bonds is 0. The molecule has 1 aromatic carbocycles. The van der Waals surface area contributed by atoms with Crippen LogP contribution in [0.4, 0.5) is 0 Å². The molecule has 0 aliphatic carbocycles. The van der Waals surface area contributed by atoms with Crippen LogP contribution < -0.4 is 4.72 Å². The molecule has 2 rings (SSSR count). The van der Waals surface area contributed by atoms with Crippen molar-refractivity contribution < 1.29 is 78.9 Å². The summed E-state index contributed by atoms with van der Waals surface area (Å²) in [5, 5.41) is 0. The van der Waals surface area contributed by atoms with Crippen molar-refractivity contribution in [3.8, 4) is 0 Å². The Morgan fingerprint density at radius 1 is 0.625 bits per heavy atom. The van der Waals surface area contributed by atoms with Crippen LogP contribution in [0.1, 0.15) is 10.4 Å². The van der Waals surface area contributed by atoms with Crippen LogP contribution in [0, 0.1) is 0 Å². The van der Waals surface area contributed by atoms with E-state index >= 15 is 0 Å². The average molecular weight is 399 g/mol. The minimum absolute atomic E-state index is 0. The van der Waals surface area contributed by atoms with Gasteiger partial charge in [-0.2, -0.15) is 0 Å². The molecule has 16 nitrogen and oxygen atoms in total. The Bertz CT molecular complexity index is 463. The van der Waals surface area contributed by atoms with Gasteiger partial charge in [0.2, 0.25) is 0 Å². The molecule has 1 aromatic rings. The zero-order chi connectivity index (χ0) is 8.77. The second-order valence-electron chi connectivity index (χ2n) is 2.43. The van der Waals surface area contributed by atoms with E-state index < -0.39 is 15.9 Å². The highest BCUT2D eigenvalue weighted by Gasteiger charge is 2.31. The number of carbonyl (C=O) groups is 1. The van der Waals surface area contributed by atoms with Crippen molar-refractivity contribution in [2.75, 3.05) is 0 Å². The molecule has 24 heavy (non-hydrogen) atoms. The maximum absolute atomic E-state index is 11.1. The van der Waals surface area contributed by atoms with Crippen molar-refractivity contribution in [2.45, 2.75) is 4.90 Å². The van der Waals surface area contributed by atoms with E-state index in [0.717, 1.165) is 0 Å². The van der Waals surface area contributed by atoms with Gasteiger partial charge in [-0.1, -0.05) is 12.1 Å². The maximum Gasteiger partial charge on any atom is 0.266 e. The number of hydrogen-bond donors (Lipinski definition) is 1. The molecule has 25 N–H and O–H groups in total. The molecule has 0 bridgehead atoms. The topological polar surface area (TPSA) is 441 Å². The van der Waals surface area contributed by atoms with Crippen molar-refractivity contribution in [1.82, 2.24) is 4.72 Å². The molecule has 0 spiro atoms. The Morgan fingerprint density at radius 2 is 0.958 bits per heavy atom. The third-order valence-electron chi connectivity index (χ3n) is 1.65. The van der Waals surface area contributed by atoms with Gasteiger partial charge < -0.3 is 65.7 Å². The summed E-state index contributed by atoms with van der Waals surface area (Å²) >= 11 is 0. The number of hydrogen-bond acceptors (Lipinski definition) is 3. The second-order valence-corrected chi connectivity index (χ2v) is 4.08. The largest absolute Gasteiger partial charge is 0.412 e. The van der Waals surface area contributed by atoms with Gasteiger partial charge >= 0.3 is 0 Å². The van der Waals surface area contributed by atoms with Crippen LogP contribution in [0.25, 0.3) is 0 Å². The Kier molecular flexibility index (Phi) is 86.6. The van der Waals surface area contributed by atoms with E-state index in [4.69, 9.17) is 0 Å². The minimum Gasteiger partial charge on any atom is -0.412 e. The summed E-state index contributed by atoms with van der Waals surface area (Å²) < 4.78 is 24.2. The summed E-state index contributed by atoms with van der Waals surface area (Å²) in [5.41, 5.74) is 0.220. The highest BCUT2D eigenvalue weighted by molar-refractivity contribution is 7.90. The van der Waals surface area contributed by atoms with Gasteiger partial charge in [0.05, 0.1) is 5.56 Å². The van der Waals surface area contributed by atoms with Crippen molar-refractivity contribution in [3.05, 3.63) is 29.8 Å². The molecule has 1 amide bonds. The molecule has 1 aliphatic heterocycles. The highest BCUT2D eigenvalue weighted by Crippen LogP contribution is 2.20. The van der Waals surface area contributed by atoms with Crippen molar-refractivity contribution in [2.24, 2.45) is 0 Å². The fourth-order valence-corrected chi connectivity index (χ4v) is 2.29. The third kappa shape index (κ3) is 12.7. The molecule has 0 fully saturated rings. The third-order valence-corrected chi connectivity index (χ3v) is 3.04. The lowest BCUT2D eigenvalue weighted by Crippen LogP contribution is -2.20. The molecule has 0 aromatic heterocycles. The van der Waals surface area contributed by atoms with E-state index in [9.17, 15) is 13.2 Å². The molecule has 17 heteroatoms. The minimum atomic E-state index is -3.55. The number of amides is 1. The van der Waals surface area contributed by atoms with Gasteiger partial charge in [0.1, 0.15) is 4.90 Å². The SMILES string of the molecule is O.O.O.O.O.O.O.O.O.O.O.O.O=C1NS(=O)(=O)c2ccccc21. The molecular formula is C7H29NO15S. The normalized spacial score (nSPS) is 9.25. The van der Waals surface area contributed by atoms with E-state index in [1.54, 1.807) is 12.1 Å². The van der Waals surface area contributed by atoms with Gasteiger partial charge in [0.25, 0.3) is 15.9 Å². The van der Waals surface area contributed by atoms with Crippen LogP contribution in [0.3, 0.4) is 0 Å². The highest BCUT2D eigenvalue weighted by atomic mass is 32.2.